The van der Waals surface area contributed by atoms with Crippen LogP contribution in [0, 0.1) is 0 Å². The summed E-state index contributed by atoms with van der Waals surface area (Å²) in [5.74, 6) is 1.89. The number of carbonyl (C=O) groups is 2. The van der Waals surface area contributed by atoms with Crippen LogP contribution in [0.2, 0.25) is 0 Å². The van der Waals surface area contributed by atoms with E-state index in [9.17, 15) is 18.0 Å². The molecule has 0 aliphatic carbocycles. The maximum absolute atomic E-state index is 13.5. The number of aliphatic hydroxyl groups is 1. The average molecular weight is 859 g/mol. The third-order valence-corrected chi connectivity index (χ3v) is 9.97. The zero-order valence-corrected chi connectivity index (χ0v) is 36.4. The highest BCUT2D eigenvalue weighted by molar-refractivity contribution is 7.92. The van der Waals surface area contributed by atoms with E-state index in [1.165, 1.54) is 21.3 Å². The van der Waals surface area contributed by atoms with Gasteiger partial charge in [0.2, 0.25) is 10.0 Å². The Balaban J connectivity index is 1.30. The van der Waals surface area contributed by atoms with Crippen molar-refractivity contribution >= 4 is 49.7 Å². The number of aromatic nitrogens is 1. The summed E-state index contributed by atoms with van der Waals surface area (Å²) in [5.41, 5.74) is 3.26. The Labute approximate surface area is 356 Å². The number of anilines is 3. The molecule has 15 nitrogen and oxygen atoms in total. The number of urea groups is 1. The first kappa shape index (κ1) is 46.1. The largest absolute Gasteiger partial charge is 0.496 e. The van der Waals surface area contributed by atoms with E-state index in [0.717, 1.165) is 22.8 Å². The molecule has 326 valence electrons. The van der Waals surface area contributed by atoms with E-state index < -0.39 is 16.1 Å². The Hall–Kier alpha value is -5.94. The summed E-state index contributed by atoms with van der Waals surface area (Å²) in [6.45, 7) is 7.28. The molecule has 0 fully saturated rings. The van der Waals surface area contributed by atoms with E-state index in [1.807, 2.05) is 51.1 Å². The van der Waals surface area contributed by atoms with Crippen molar-refractivity contribution < 1.29 is 51.5 Å². The molecule has 0 bridgehead atoms. The molecule has 0 radical (unpaired) electrons. The van der Waals surface area contributed by atoms with Crippen LogP contribution in [0.5, 0.6) is 28.7 Å². The summed E-state index contributed by atoms with van der Waals surface area (Å²) in [4.78, 5) is 31.4. The van der Waals surface area contributed by atoms with Crippen LogP contribution in [-0.2, 0) is 31.3 Å². The lowest BCUT2D eigenvalue weighted by Crippen LogP contribution is -2.22. The second kappa shape index (κ2) is 21.0. The van der Waals surface area contributed by atoms with Gasteiger partial charge in [-0.2, -0.15) is 0 Å². The van der Waals surface area contributed by atoms with Gasteiger partial charge in [-0.15, -0.1) is 0 Å². The number of benzene rings is 4. The highest BCUT2D eigenvalue weighted by atomic mass is 32.2. The number of ether oxygens (including phenoxy) is 6. The summed E-state index contributed by atoms with van der Waals surface area (Å²) >= 11 is 0. The Morgan fingerprint density at radius 3 is 2.05 bits per heavy atom. The topological polar surface area (TPSA) is 193 Å². The van der Waals surface area contributed by atoms with E-state index in [2.05, 4.69) is 20.3 Å². The zero-order valence-electron chi connectivity index (χ0n) is 35.5. The molecule has 5 aromatic rings. The molecule has 5 rings (SSSR count). The Kier molecular flexibility index (Phi) is 15.9. The standard InChI is InChI=1S/C45H54N4O11S/c1-45(2,3)30-26-36(43(57-6)37(27-30)49-61(7,53)54)48-44(52)47-35-14-15-39(34-12-9-8-11-33(34)35)60-32-16-17-46-31(28-32)23-29-24-40(55-4)42(41(25-29)56-5)38(51)13-10-19-58-21-22-59-20-18-50/h8-9,11-12,14-17,24-28,49-50H,10,13,18-23H2,1-7H3,(H2,47,48,52). The van der Waals surface area contributed by atoms with E-state index in [0.29, 0.717) is 78.0 Å². The normalized spacial score (nSPS) is 11.5. The minimum Gasteiger partial charge on any atom is -0.496 e. The molecule has 0 spiro atoms. The molecule has 4 aromatic carbocycles. The van der Waals surface area contributed by atoms with E-state index in [4.69, 9.17) is 33.5 Å². The van der Waals surface area contributed by atoms with Crippen LogP contribution in [0.3, 0.4) is 0 Å². The molecule has 0 unspecified atom stereocenters. The number of carbonyl (C=O) groups excluding carboxylic acids is 2. The molecule has 0 aliphatic heterocycles. The number of Topliss-reactive ketones (excluding diaryl/α,β-unsaturated/α-hetero) is 1. The number of sulfonamides is 1. The smallest absolute Gasteiger partial charge is 0.323 e. The van der Waals surface area contributed by atoms with Crippen LogP contribution in [0.4, 0.5) is 21.9 Å². The number of pyridine rings is 1. The van der Waals surface area contributed by atoms with Gasteiger partial charge in [0.1, 0.15) is 28.6 Å². The summed E-state index contributed by atoms with van der Waals surface area (Å²) < 4.78 is 60.9. The predicted molar refractivity (Wildman–Crippen MR) is 236 cm³/mol. The van der Waals surface area contributed by atoms with Gasteiger partial charge in [-0.25, -0.2) is 13.2 Å². The lowest BCUT2D eigenvalue weighted by molar-refractivity contribution is 0.0321. The van der Waals surface area contributed by atoms with Crippen LogP contribution in [-0.4, -0.2) is 90.9 Å². The van der Waals surface area contributed by atoms with Crippen LogP contribution in [0.25, 0.3) is 10.8 Å². The number of hydrogen-bond donors (Lipinski definition) is 4. The van der Waals surface area contributed by atoms with E-state index in [1.54, 1.807) is 48.7 Å². The molecule has 0 saturated carbocycles. The number of nitrogens with one attached hydrogen (secondary N) is 3. The Morgan fingerprint density at radius 2 is 1.41 bits per heavy atom. The van der Waals surface area contributed by atoms with Gasteiger partial charge < -0.3 is 44.2 Å². The van der Waals surface area contributed by atoms with Gasteiger partial charge in [0.05, 0.1) is 71.1 Å². The summed E-state index contributed by atoms with van der Waals surface area (Å²) in [7, 11) is 0.767. The molecule has 4 N–H and O–H groups in total. The first-order valence-corrected chi connectivity index (χ1v) is 21.5. The molecular formula is C45H54N4O11S. The van der Waals surface area contributed by atoms with Crippen LogP contribution in [0.15, 0.2) is 79.0 Å². The first-order chi connectivity index (χ1) is 29.1. The maximum atomic E-state index is 13.5. The SMILES string of the molecule is COc1cc(Cc2cc(Oc3ccc(NC(=O)Nc4cc(C(C)(C)C)cc(NS(C)(=O)=O)c4OC)c4ccccc34)ccn2)cc(OC)c1C(=O)CCCOCCOCCO. The average Bonchev–Trinajstić information content (AvgIpc) is 3.21. The maximum Gasteiger partial charge on any atom is 0.323 e. The van der Waals surface area contributed by atoms with Gasteiger partial charge in [-0.1, -0.05) is 45.0 Å². The lowest BCUT2D eigenvalue weighted by Gasteiger charge is -2.24. The number of amides is 2. The van der Waals surface area contributed by atoms with Gasteiger partial charge in [-0.05, 0) is 65.4 Å². The summed E-state index contributed by atoms with van der Waals surface area (Å²) in [6, 6.07) is 21.0. The molecule has 2 amide bonds. The molecule has 1 aromatic heterocycles. The van der Waals surface area contributed by atoms with E-state index >= 15 is 0 Å². The van der Waals surface area contributed by atoms with Crippen LogP contribution < -0.4 is 34.3 Å². The summed E-state index contributed by atoms with van der Waals surface area (Å²) in [5, 5.41) is 16.0. The fourth-order valence-corrected chi connectivity index (χ4v) is 7.09. The van der Waals surface area contributed by atoms with Crippen molar-refractivity contribution in [2.24, 2.45) is 0 Å². The quantitative estimate of drug-likeness (QED) is 0.0412. The second-order valence-corrected chi connectivity index (χ2v) is 16.8. The van der Waals surface area contributed by atoms with Crippen molar-refractivity contribution in [1.82, 2.24) is 4.98 Å². The number of hydrogen-bond acceptors (Lipinski definition) is 12. The minimum absolute atomic E-state index is 0.0427. The van der Waals surface area contributed by atoms with Gasteiger partial charge in [0, 0.05) is 48.2 Å². The third kappa shape index (κ3) is 12.8. The molecule has 0 atom stereocenters. The number of nitrogens with zero attached hydrogens (tertiary/aromatic N) is 1. The van der Waals surface area contributed by atoms with Gasteiger partial charge in [-0.3, -0.25) is 14.5 Å². The zero-order chi connectivity index (χ0) is 44.2. The van der Waals surface area contributed by atoms with Crippen molar-refractivity contribution in [2.45, 2.75) is 45.4 Å². The number of aliphatic hydroxyl groups excluding tert-OH is 1. The van der Waals surface area contributed by atoms with Crippen molar-refractivity contribution in [3.63, 3.8) is 0 Å². The fourth-order valence-electron chi connectivity index (χ4n) is 6.54. The monoisotopic (exact) mass is 858 g/mol. The van der Waals surface area contributed by atoms with E-state index in [-0.39, 0.29) is 48.0 Å². The van der Waals surface area contributed by atoms with Gasteiger partial charge >= 0.3 is 6.03 Å². The van der Waals surface area contributed by atoms with Gasteiger partial charge in [0.25, 0.3) is 0 Å². The molecule has 16 heteroatoms. The number of methoxy groups -OCH3 is 3. The van der Waals surface area contributed by atoms with Gasteiger partial charge in [0.15, 0.2) is 11.5 Å². The molecule has 61 heavy (non-hydrogen) atoms. The number of fused-ring (bicyclic) bond motifs is 1. The molecule has 0 aliphatic rings. The predicted octanol–water partition coefficient (Wildman–Crippen LogP) is 7.95. The third-order valence-electron chi connectivity index (χ3n) is 9.38. The Bertz CT molecular complexity index is 2410. The molecule has 0 saturated heterocycles. The summed E-state index contributed by atoms with van der Waals surface area (Å²) in [6.07, 6.45) is 3.83. The Morgan fingerprint density at radius 1 is 0.754 bits per heavy atom. The minimum atomic E-state index is -3.65. The van der Waals surface area contributed by atoms with Crippen LogP contribution >= 0.6 is 0 Å². The number of ketones is 1. The van der Waals surface area contributed by atoms with Crippen molar-refractivity contribution in [3.05, 3.63) is 101 Å². The highest BCUT2D eigenvalue weighted by Gasteiger charge is 2.23. The van der Waals surface area contributed by atoms with Crippen LogP contribution in [0.1, 0.15) is 60.8 Å². The highest BCUT2D eigenvalue weighted by Crippen LogP contribution is 2.40. The number of rotatable bonds is 21. The molecule has 1 heterocycles. The van der Waals surface area contributed by atoms with Crippen molar-refractivity contribution in [1.29, 1.82) is 0 Å². The lowest BCUT2D eigenvalue weighted by atomic mass is 9.86. The first-order valence-electron chi connectivity index (χ1n) is 19.6. The second-order valence-electron chi connectivity index (χ2n) is 15.1. The molecular weight excluding hydrogens is 805 g/mol. The van der Waals surface area contributed by atoms with Crippen molar-refractivity contribution in [3.8, 4) is 28.7 Å². The van der Waals surface area contributed by atoms with Crippen molar-refractivity contribution in [2.75, 3.05) is 76.0 Å². The fraction of sp³-hybridized carbons (Fsp3) is 0.356.